The van der Waals surface area contributed by atoms with Crippen LogP contribution >= 0.6 is 0 Å². The Hall–Kier alpha value is -1.38. The first-order valence-corrected chi connectivity index (χ1v) is 6.46. The summed E-state index contributed by atoms with van der Waals surface area (Å²) in [6.45, 7) is 2.01. The molecule has 0 unspecified atom stereocenters. The first-order valence-electron chi connectivity index (χ1n) is 6.46. The Balaban J connectivity index is 1.68. The van der Waals surface area contributed by atoms with Crippen molar-refractivity contribution in [1.82, 2.24) is 4.98 Å². The Bertz CT molecular complexity index is 444. The van der Waals surface area contributed by atoms with E-state index in [9.17, 15) is 4.79 Å². The number of hydrogen-bond donors (Lipinski definition) is 1. The molecular formula is C14H18N2O. The number of carbonyl (C=O) groups excluding carboxylic acids is 1. The van der Waals surface area contributed by atoms with Crippen LogP contribution in [-0.4, -0.2) is 10.9 Å². The van der Waals surface area contributed by atoms with Gasteiger partial charge in [-0.3, -0.25) is 4.79 Å². The summed E-state index contributed by atoms with van der Waals surface area (Å²) >= 11 is 0. The second-order valence-corrected chi connectivity index (χ2v) is 5.49. The van der Waals surface area contributed by atoms with E-state index in [2.05, 4.69) is 10.3 Å². The minimum absolute atomic E-state index is 0.176. The van der Waals surface area contributed by atoms with Gasteiger partial charge in [0.15, 0.2) is 0 Å². The molecule has 0 spiro atoms. The maximum Gasteiger partial charge on any atom is 0.228 e. The number of anilines is 1. The van der Waals surface area contributed by atoms with Crippen LogP contribution in [0, 0.1) is 24.7 Å². The summed E-state index contributed by atoms with van der Waals surface area (Å²) in [5, 5.41) is 2.96. The largest absolute Gasteiger partial charge is 0.310 e. The highest BCUT2D eigenvalue weighted by atomic mass is 16.2. The molecular weight excluding hydrogens is 212 g/mol. The Kier molecular flexibility index (Phi) is 2.61. The second kappa shape index (κ2) is 4.13. The molecule has 17 heavy (non-hydrogen) atoms. The molecule has 1 aromatic heterocycles. The first-order chi connectivity index (χ1) is 8.22. The van der Waals surface area contributed by atoms with Crippen molar-refractivity contribution in [2.24, 2.45) is 17.8 Å². The maximum absolute atomic E-state index is 12.2. The van der Waals surface area contributed by atoms with E-state index < -0.39 is 0 Å². The summed E-state index contributed by atoms with van der Waals surface area (Å²) in [4.78, 5) is 16.3. The van der Waals surface area contributed by atoms with Gasteiger partial charge in [0.2, 0.25) is 5.91 Å². The molecule has 2 fully saturated rings. The Morgan fingerprint density at radius 2 is 2.29 bits per heavy atom. The van der Waals surface area contributed by atoms with E-state index >= 15 is 0 Å². The van der Waals surface area contributed by atoms with Crippen molar-refractivity contribution in [3.63, 3.8) is 0 Å². The van der Waals surface area contributed by atoms with Gasteiger partial charge in [0.05, 0.1) is 0 Å². The molecule has 3 rings (SSSR count). The fourth-order valence-electron chi connectivity index (χ4n) is 3.39. The third kappa shape index (κ3) is 2.06. The van der Waals surface area contributed by atoms with Crippen LogP contribution < -0.4 is 5.32 Å². The summed E-state index contributed by atoms with van der Waals surface area (Å²) < 4.78 is 0. The average Bonchev–Trinajstić information content (AvgIpc) is 2.90. The fraction of sp³-hybridized carbons (Fsp3) is 0.571. The summed E-state index contributed by atoms with van der Waals surface area (Å²) in [6.07, 6.45) is 6.66. The highest BCUT2D eigenvalue weighted by Crippen LogP contribution is 2.48. The molecule has 2 aliphatic rings. The van der Waals surface area contributed by atoms with Gasteiger partial charge in [0, 0.05) is 12.1 Å². The van der Waals surface area contributed by atoms with Crippen molar-refractivity contribution in [3.8, 4) is 0 Å². The van der Waals surface area contributed by atoms with Gasteiger partial charge in [-0.15, -0.1) is 0 Å². The van der Waals surface area contributed by atoms with Crippen LogP contribution in [0.3, 0.4) is 0 Å². The van der Waals surface area contributed by atoms with E-state index in [1.807, 2.05) is 19.1 Å². The molecule has 3 nitrogen and oxygen atoms in total. The van der Waals surface area contributed by atoms with Crippen LogP contribution in [0.1, 0.15) is 31.2 Å². The van der Waals surface area contributed by atoms with E-state index in [0.29, 0.717) is 11.7 Å². The van der Waals surface area contributed by atoms with Gasteiger partial charge >= 0.3 is 0 Å². The van der Waals surface area contributed by atoms with Crippen molar-refractivity contribution >= 4 is 11.7 Å². The molecule has 0 aromatic carbocycles. The highest BCUT2D eigenvalue weighted by Gasteiger charge is 2.43. The van der Waals surface area contributed by atoms with Gasteiger partial charge in [-0.25, -0.2) is 4.98 Å². The van der Waals surface area contributed by atoms with Crippen molar-refractivity contribution in [3.05, 3.63) is 23.9 Å². The number of hydrogen-bond acceptors (Lipinski definition) is 2. The average molecular weight is 230 g/mol. The molecule has 1 heterocycles. The molecule has 2 aliphatic carbocycles. The van der Waals surface area contributed by atoms with E-state index in [-0.39, 0.29) is 11.8 Å². The monoisotopic (exact) mass is 230 g/mol. The van der Waals surface area contributed by atoms with Gasteiger partial charge in [-0.2, -0.15) is 0 Å². The molecule has 3 heteroatoms. The molecule has 0 saturated heterocycles. The molecule has 3 atom stereocenters. The van der Waals surface area contributed by atoms with E-state index in [0.717, 1.165) is 17.9 Å². The SMILES string of the molecule is Cc1ccnc(NC(=O)[C@H]2C[C@H]3CC[C@H]2C3)c1. The third-order valence-electron chi connectivity index (χ3n) is 4.24. The van der Waals surface area contributed by atoms with Crippen molar-refractivity contribution in [2.45, 2.75) is 32.6 Å². The van der Waals surface area contributed by atoms with E-state index in [4.69, 9.17) is 0 Å². The van der Waals surface area contributed by atoms with Gasteiger partial charge in [0.25, 0.3) is 0 Å². The molecule has 2 saturated carbocycles. The fourth-order valence-corrected chi connectivity index (χ4v) is 3.39. The summed E-state index contributed by atoms with van der Waals surface area (Å²) in [6, 6.07) is 3.86. The van der Waals surface area contributed by atoms with E-state index in [1.54, 1.807) is 6.20 Å². The Morgan fingerprint density at radius 1 is 1.41 bits per heavy atom. The number of nitrogens with zero attached hydrogens (tertiary/aromatic N) is 1. The number of fused-ring (bicyclic) bond motifs is 2. The Morgan fingerprint density at radius 3 is 2.94 bits per heavy atom. The number of carbonyl (C=O) groups is 1. The topological polar surface area (TPSA) is 42.0 Å². The quantitative estimate of drug-likeness (QED) is 0.848. The van der Waals surface area contributed by atoms with Gasteiger partial charge in [-0.05, 0) is 55.7 Å². The number of aryl methyl sites for hydroxylation is 1. The van der Waals surface area contributed by atoms with Crippen LogP contribution in [0.15, 0.2) is 18.3 Å². The standard InChI is InChI=1S/C14H18N2O/c1-9-4-5-15-13(6-9)16-14(17)12-8-10-2-3-11(12)7-10/h4-6,10-12H,2-3,7-8H2,1H3,(H,15,16,17)/t10-,11-,12-/m0/s1. The third-order valence-corrected chi connectivity index (χ3v) is 4.24. The van der Waals surface area contributed by atoms with Crippen LogP contribution in [0.4, 0.5) is 5.82 Å². The number of aromatic nitrogens is 1. The smallest absolute Gasteiger partial charge is 0.228 e. The summed E-state index contributed by atoms with van der Waals surface area (Å²) in [7, 11) is 0. The predicted molar refractivity (Wildman–Crippen MR) is 66.5 cm³/mol. The lowest BCUT2D eigenvalue weighted by Crippen LogP contribution is -2.27. The lowest BCUT2D eigenvalue weighted by atomic mass is 9.88. The van der Waals surface area contributed by atoms with Crippen LogP contribution in [0.5, 0.6) is 0 Å². The molecule has 1 N–H and O–H groups in total. The van der Waals surface area contributed by atoms with Gasteiger partial charge in [-0.1, -0.05) is 6.42 Å². The zero-order chi connectivity index (χ0) is 11.8. The number of pyridine rings is 1. The Labute approximate surface area is 102 Å². The van der Waals surface area contributed by atoms with Gasteiger partial charge in [0.1, 0.15) is 5.82 Å². The van der Waals surface area contributed by atoms with Crippen LogP contribution in [0.2, 0.25) is 0 Å². The number of nitrogens with one attached hydrogen (secondary N) is 1. The molecule has 90 valence electrons. The predicted octanol–water partition coefficient (Wildman–Crippen LogP) is 2.76. The summed E-state index contributed by atoms with van der Waals surface area (Å²) in [5.74, 6) is 2.54. The van der Waals surface area contributed by atoms with Gasteiger partial charge < -0.3 is 5.32 Å². The van der Waals surface area contributed by atoms with Crippen molar-refractivity contribution in [1.29, 1.82) is 0 Å². The van der Waals surface area contributed by atoms with Crippen LogP contribution in [-0.2, 0) is 4.79 Å². The minimum atomic E-state index is 0.176. The van der Waals surface area contributed by atoms with Crippen LogP contribution in [0.25, 0.3) is 0 Å². The molecule has 0 aliphatic heterocycles. The van der Waals surface area contributed by atoms with E-state index in [1.165, 1.54) is 19.3 Å². The first kappa shape index (κ1) is 10.8. The zero-order valence-corrected chi connectivity index (χ0v) is 10.1. The molecule has 1 amide bonds. The summed E-state index contributed by atoms with van der Waals surface area (Å²) in [5.41, 5.74) is 1.13. The minimum Gasteiger partial charge on any atom is -0.310 e. The number of rotatable bonds is 2. The molecule has 2 bridgehead atoms. The maximum atomic E-state index is 12.2. The van der Waals surface area contributed by atoms with Crippen molar-refractivity contribution in [2.75, 3.05) is 5.32 Å². The molecule has 1 aromatic rings. The molecule has 0 radical (unpaired) electrons. The lowest BCUT2D eigenvalue weighted by Gasteiger charge is -2.20. The second-order valence-electron chi connectivity index (χ2n) is 5.49. The lowest BCUT2D eigenvalue weighted by molar-refractivity contribution is -0.121. The number of amides is 1. The zero-order valence-electron chi connectivity index (χ0n) is 10.1. The van der Waals surface area contributed by atoms with Crippen molar-refractivity contribution < 1.29 is 4.79 Å². The highest BCUT2D eigenvalue weighted by molar-refractivity contribution is 5.92. The normalized spacial score (nSPS) is 30.5.